The molecule has 0 bridgehead atoms. The van der Waals surface area contributed by atoms with Crippen LogP contribution in [0, 0.1) is 5.82 Å². The molecule has 1 atom stereocenters. The maximum atomic E-state index is 13.9. The van der Waals surface area contributed by atoms with E-state index in [1.54, 1.807) is 13.0 Å². The standard InChI is InChI=1S/C17H17FN2O2/c1-11(21)17-19-14-5-3-4-6-15(14)20(17)10-12-7-8-16(22-2)13(18)9-12/h3-9,11,21H,10H2,1-2H3/t11-/m1/s1. The van der Waals surface area contributed by atoms with Gasteiger partial charge in [0.15, 0.2) is 11.6 Å². The highest BCUT2D eigenvalue weighted by atomic mass is 19.1. The number of nitrogens with zero attached hydrogens (tertiary/aromatic N) is 2. The van der Waals surface area contributed by atoms with Gasteiger partial charge in [0.05, 0.1) is 18.1 Å². The van der Waals surface area contributed by atoms with Crippen molar-refractivity contribution in [2.75, 3.05) is 7.11 Å². The molecule has 0 aliphatic heterocycles. The third kappa shape index (κ3) is 2.55. The lowest BCUT2D eigenvalue weighted by molar-refractivity contribution is 0.185. The molecule has 0 unspecified atom stereocenters. The van der Waals surface area contributed by atoms with E-state index in [0.717, 1.165) is 16.6 Å². The zero-order chi connectivity index (χ0) is 15.7. The third-order valence-corrected chi connectivity index (χ3v) is 3.61. The molecule has 0 radical (unpaired) electrons. The molecule has 4 nitrogen and oxygen atoms in total. The number of imidazole rings is 1. The van der Waals surface area contributed by atoms with Crippen LogP contribution in [0.1, 0.15) is 24.4 Å². The molecule has 0 spiro atoms. The second-order valence-corrected chi connectivity index (χ2v) is 5.19. The van der Waals surface area contributed by atoms with Crippen LogP contribution >= 0.6 is 0 Å². The van der Waals surface area contributed by atoms with Crippen molar-refractivity contribution in [1.82, 2.24) is 9.55 Å². The Morgan fingerprint density at radius 2 is 2.05 bits per heavy atom. The maximum Gasteiger partial charge on any atom is 0.165 e. The number of hydrogen-bond acceptors (Lipinski definition) is 3. The molecule has 22 heavy (non-hydrogen) atoms. The first-order chi connectivity index (χ1) is 10.6. The van der Waals surface area contributed by atoms with E-state index in [1.165, 1.54) is 13.2 Å². The summed E-state index contributed by atoms with van der Waals surface area (Å²) in [6.45, 7) is 2.11. The van der Waals surface area contributed by atoms with Gasteiger partial charge in [-0.1, -0.05) is 18.2 Å². The van der Waals surface area contributed by atoms with Crippen molar-refractivity contribution in [2.24, 2.45) is 0 Å². The molecule has 114 valence electrons. The second kappa shape index (κ2) is 5.77. The number of para-hydroxylation sites is 2. The highest BCUT2D eigenvalue weighted by Gasteiger charge is 2.15. The summed E-state index contributed by atoms with van der Waals surface area (Å²) >= 11 is 0. The predicted molar refractivity (Wildman–Crippen MR) is 82.4 cm³/mol. The van der Waals surface area contributed by atoms with Crippen molar-refractivity contribution in [3.05, 3.63) is 59.7 Å². The number of halogens is 1. The zero-order valence-electron chi connectivity index (χ0n) is 12.5. The van der Waals surface area contributed by atoms with E-state index in [9.17, 15) is 9.50 Å². The Morgan fingerprint density at radius 3 is 2.73 bits per heavy atom. The van der Waals surface area contributed by atoms with Gasteiger partial charge in [-0.2, -0.15) is 0 Å². The van der Waals surface area contributed by atoms with Gasteiger partial charge in [-0.25, -0.2) is 9.37 Å². The summed E-state index contributed by atoms with van der Waals surface area (Å²) in [4.78, 5) is 4.46. The molecule has 3 rings (SSSR count). The van der Waals surface area contributed by atoms with E-state index in [0.29, 0.717) is 12.4 Å². The van der Waals surface area contributed by atoms with Gasteiger partial charge in [-0.05, 0) is 36.8 Å². The monoisotopic (exact) mass is 300 g/mol. The molecule has 2 aromatic carbocycles. The average Bonchev–Trinajstić information content (AvgIpc) is 2.87. The topological polar surface area (TPSA) is 47.3 Å². The molecule has 0 amide bonds. The number of aromatic nitrogens is 2. The normalized spacial score (nSPS) is 12.5. The van der Waals surface area contributed by atoms with Crippen LogP contribution in [0.4, 0.5) is 4.39 Å². The van der Waals surface area contributed by atoms with E-state index in [-0.39, 0.29) is 5.75 Å². The van der Waals surface area contributed by atoms with Crippen molar-refractivity contribution in [3.63, 3.8) is 0 Å². The van der Waals surface area contributed by atoms with Gasteiger partial charge in [-0.15, -0.1) is 0 Å². The summed E-state index contributed by atoms with van der Waals surface area (Å²) in [6, 6.07) is 12.5. The van der Waals surface area contributed by atoms with E-state index in [4.69, 9.17) is 4.74 Å². The van der Waals surface area contributed by atoms with Crippen LogP contribution in [-0.4, -0.2) is 21.8 Å². The Kier molecular flexibility index (Phi) is 3.81. The first kappa shape index (κ1) is 14.5. The van der Waals surface area contributed by atoms with Gasteiger partial charge in [-0.3, -0.25) is 0 Å². The zero-order valence-corrected chi connectivity index (χ0v) is 12.5. The van der Waals surface area contributed by atoms with Gasteiger partial charge in [0.2, 0.25) is 0 Å². The van der Waals surface area contributed by atoms with E-state index in [1.807, 2.05) is 34.9 Å². The first-order valence-electron chi connectivity index (χ1n) is 7.06. The van der Waals surface area contributed by atoms with E-state index < -0.39 is 11.9 Å². The van der Waals surface area contributed by atoms with Crippen LogP contribution in [0.3, 0.4) is 0 Å². The fraction of sp³-hybridized carbons (Fsp3) is 0.235. The van der Waals surface area contributed by atoms with Crippen LogP contribution in [0.25, 0.3) is 11.0 Å². The summed E-state index contributed by atoms with van der Waals surface area (Å²) in [5, 5.41) is 9.94. The number of hydrogen-bond donors (Lipinski definition) is 1. The molecule has 0 saturated carbocycles. The molecule has 1 heterocycles. The number of aliphatic hydroxyl groups is 1. The lowest BCUT2D eigenvalue weighted by atomic mass is 10.2. The Morgan fingerprint density at radius 1 is 1.27 bits per heavy atom. The first-order valence-corrected chi connectivity index (χ1v) is 7.06. The number of benzene rings is 2. The largest absolute Gasteiger partial charge is 0.494 e. The molecular formula is C17H17FN2O2. The fourth-order valence-corrected chi connectivity index (χ4v) is 2.57. The molecular weight excluding hydrogens is 283 g/mol. The van der Waals surface area contributed by atoms with Crippen molar-refractivity contribution in [1.29, 1.82) is 0 Å². The van der Waals surface area contributed by atoms with Crippen molar-refractivity contribution in [2.45, 2.75) is 19.6 Å². The smallest absolute Gasteiger partial charge is 0.165 e. The summed E-state index contributed by atoms with van der Waals surface area (Å²) in [5.41, 5.74) is 2.50. The summed E-state index contributed by atoms with van der Waals surface area (Å²) in [7, 11) is 1.44. The lowest BCUT2D eigenvalue weighted by Gasteiger charge is -2.12. The predicted octanol–water partition coefficient (Wildman–Crippen LogP) is 3.29. The summed E-state index contributed by atoms with van der Waals surface area (Å²) < 4.78 is 20.7. The van der Waals surface area contributed by atoms with Gasteiger partial charge >= 0.3 is 0 Å². The van der Waals surface area contributed by atoms with E-state index in [2.05, 4.69) is 4.98 Å². The highest BCUT2D eigenvalue weighted by Crippen LogP contribution is 2.24. The van der Waals surface area contributed by atoms with Crippen LogP contribution < -0.4 is 4.74 Å². The van der Waals surface area contributed by atoms with Gasteiger partial charge < -0.3 is 14.4 Å². The number of fused-ring (bicyclic) bond motifs is 1. The summed E-state index contributed by atoms with van der Waals surface area (Å²) in [6.07, 6.45) is -0.699. The quantitative estimate of drug-likeness (QED) is 0.804. The fourth-order valence-electron chi connectivity index (χ4n) is 2.57. The maximum absolute atomic E-state index is 13.9. The van der Waals surface area contributed by atoms with Crippen molar-refractivity contribution < 1.29 is 14.2 Å². The second-order valence-electron chi connectivity index (χ2n) is 5.19. The molecule has 5 heteroatoms. The molecule has 3 aromatic rings. The van der Waals surface area contributed by atoms with E-state index >= 15 is 0 Å². The average molecular weight is 300 g/mol. The molecule has 0 fully saturated rings. The molecule has 0 aliphatic carbocycles. The molecule has 1 aromatic heterocycles. The van der Waals surface area contributed by atoms with Gasteiger partial charge in [0.1, 0.15) is 11.9 Å². The number of aliphatic hydroxyl groups excluding tert-OH is 1. The molecule has 0 saturated heterocycles. The Hall–Kier alpha value is -2.40. The van der Waals surface area contributed by atoms with Gasteiger partial charge in [0, 0.05) is 6.54 Å². The minimum Gasteiger partial charge on any atom is -0.494 e. The number of methoxy groups -OCH3 is 1. The number of rotatable bonds is 4. The Bertz CT molecular complexity index is 812. The SMILES string of the molecule is COc1ccc(Cn2c([C@@H](C)O)nc3ccccc32)cc1F. The Balaban J connectivity index is 2.06. The minimum atomic E-state index is -0.699. The van der Waals surface area contributed by atoms with Crippen molar-refractivity contribution in [3.8, 4) is 5.75 Å². The Labute approximate surface area is 127 Å². The molecule has 0 aliphatic rings. The number of ether oxygens (including phenoxy) is 1. The minimum absolute atomic E-state index is 0.218. The van der Waals surface area contributed by atoms with Gasteiger partial charge in [0.25, 0.3) is 0 Å². The van der Waals surface area contributed by atoms with Crippen LogP contribution in [-0.2, 0) is 6.54 Å². The summed E-state index contributed by atoms with van der Waals surface area (Å²) in [5.74, 6) is 0.385. The lowest BCUT2D eigenvalue weighted by Crippen LogP contribution is -2.08. The van der Waals surface area contributed by atoms with Crippen LogP contribution in [0.15, 0.2) is 42.5 Å². The third-order valence-electron chi connectivity index (χ3n) is 3.61. The van der Waals surface area contributed by atoms with Crippen LogP contribution in [0.5, 0.6) is 5.75 Å². The van der Waals surface area contributed by atoms with Crippen molar-refractivity contribution >= 4 is 11.0 Å². The molecule has 1 N–H and O–H groups in total. The van der Waals surface area contributed by atoms with Crippen LogP contribution in [0.2, 0.25) is 0 Å². The highest BCUT2D eigenvalue weighted by molar-refractivity contribution is 5.76.